The molecule has 0 aromatic carbocycles. The SMILES string of the molecule is CC.CC.Cc1cnc2ncccn12. The zero-order valence-electron chi connectivity index (χ0n) is 9.65. The van der Waals surface area contributed by atoms with E-state index in [2.05, 4.69) is 9.97 Å². The lowest BCUT2D eigenvalue weighted by Crippen LogP contribution is -1.87. The minimum absolute atomic E-state index is 0.764. The highest BCUT2D eigenvalue weighted by molar-refractivity contribution is 5.29. The predicted molar refractivity (Wildman–Crippen MR) is 60.4 cm³/mol. The van der Waals surface area contributed by atoms with Crippen LogP contribution in [0.15, 0.2) is 24.7 Å². The molecule has 0 unspecified atom stereocenters. The quantitative estimate of drug-likeness (QED) is 0.643. The van der Waals surface area contributed by atoms with E-state index < -0.39 is 0 Å². The van der Waals surface area contributed by atoms with Gasteiger partial charge in [0.15, 0.2) is 0 Å². The van der Waals surface area contributed by atoms with Crippen LogP contribution < -0.4 is 0 Å². The standard InChI is InChI=1S/C7H7N3.2C2H6/c1-6-5-9-7-8-3-2-4-10(6)7;2*1-2/h2-5H,1H3;2*1-2H3. The van der Waals surface area contributed by atoms with Crippen molar-refractivity contribution in [2.24, 2.45) is 0 Å². The largest absolute Gasteiger partial charge is 0.288 e. The number of hydrogen-bond acceptors (Lipinski definition) is 2. The zero-order valence-corrected chi connectivity index (χ0v) is 9.65. The molecule has 3 heteroatoms. The molecule has 0 atom stereocenters. The fourth-order valence-corrected chi connectivity index (χ4v) is 0.947. The van der Waals surface area contributed by atoms with Gasteiger partial charge < -0.3 is 0 Å². The van der Waals surface area contributed by atoms with Crippen molar-refractivity contribution in [2.45, 2.75) is 34.6 Å². The third kappa shape index (κ3) is 2.83. The third-order valence-electron chi connectivity index (χ3n) is 1.47. The Morgan fingerprint density at radius 1 is 1.07 bits per heavy atom. The van der Waals surface area contributed by atoms with Crippen molar-refractivity contribution >= 4 is 5.78 Å². The maximum absolute atomic E-state index is 4.07. The molecule has 0 amide bonds. The summed E-state index contributed by atoms with van der Waals surface area (Å²) in [6.07, 6.45) is 5.49. The van der Waals surface area contributed by atoms with E-state index in [4.69, 9.17) is 0 Å². The predicted octanol–water partition coefficient (Wildman–Crippen LogP) is 3.09. The van der Waals surface area contributed by atoms with E-state index in [1.807, 2.05) is 57.5 Å². The Kier molecular flexibility index (Phi) is 6.37. The summed E-state index contributed by atoms with van der Waals surface area (Å²) in [5.74, 6) is 0.764. The smallest absolute Gasteiger partial charge is 0.233 e. The van der Waals surface area contributed by atoms with Gasteiger partial charge in [0.1, 0.15) is 0 Å². The highest BCUT2D eigenvalue weighted by Gasteiger charge is 1.94. The van der Waals surface area contributed by atoms with Crippen LogP contribution in [0.1, 0.15) is 33.4 Å². The van der Waals surface area contributed by atoms with Gasteiger partial charge >= 0.3 is 0 Å². The minimum atomic E-state index is 0.764. The summed E-state index contributed by atoms with van der Waals surface area (Å²) in [6, 6.07) is 1.89. The molecule has 0 saturated carbocycles. The molecular weight excluding hydrogens is 174 g/mol. The molecule has 0 saturated heterocycles. The normalized spacial score (nSPS) is 8.36. The Hall–Kier alpha value is -1.38. The van der Waals surface area contributed by atoms with Crippen LogP contribution in [-0.2, 0) is 0 Å². The number of aryl methyl sites for hydroxylation is 1. The molecule has 14 heavy (non-hydrogen) atoms. The van der Waals surface area contributed by atoms with Gasteiger partial charge in [-0.1, -0.05) is 27.7 Å². The molecule has 2 heterocycles. The van der Waals surface area contributed by atoms with Gasteiger partial charge in [-0.25, -0.2) is 9.97 Å². The Morgan fingerprint density at radius 3 is 2.29 bits per heavy atom. The summed E-state index contributed by atoms with van der Waals surface area (Å²) in [6.45, 7) is 10.0. The van der Waals surface area contributed by atoms with E-state index in [0.717, 1.165) is 11.5 Å². The summed E-state index contributed by atoms with van der Waals surface area (Å²) in [4.78, 5) is 8.12. The monoisotopic (exact) mass is 193 g/mol. The molecule has 0 radical (unpaired) electrons. The minimum Gasteiger partial charge on any atom is -0.288 e. The van der Waals surface area contributed by atoms with Gasteiger partial charge in [-0.05, 0) is 13.0 Å². The first-order valence-corrected chi connectivity index (χ1v) is 5.12. The fraction of sp³-hybridized carbons (Fsp3) is 0.455. The second kappa shape index (κ2) is 7.06. The topological polar surface area (TPSA) is 30.2 Å². The van der Waals surface area contributed by atoms with Crippen molar-refractivity contribution in [1.82, 2.24) is 14.4 Å². The van der Waals surface area contributed by atoms with E-state index in [-0.39, 0.29) is 0 Å². The van der Waals surface area contributed by atoms with Crippen LogP contribution in [0.5, 0.6) is 0 Å². The number of rotatable bonds is 0. The Morgan fingerprint density at radius 2 is 1.71 bits per heavy atom. The van der Waals surface area contributed by atoms with Crippen LogP contribution in [0.2, 0.25) is 0 Å². The molecule has 0 aliphatic rings. The van der Waals surface area contributed by atoms with Gasteiger partial charge in [0.05, 0.1) is 6.20 Å². The molecule has 0 N–H and O–H groups in total. The van der Waals surface area contributed by atoms with Crippen molar-refractivity contribution in [3.8, 4) is 0 Å². The first kappa shape index (κ1) is 12.6. The number of nitrogens with zero attached hydrogens (tertiary/aromatic N) is 3. The Balaban J connectivity index is 0.000000379. The summed E-state index contributed by atoms with van der Waals surface area (Å²) >= 11 is 0. The van der Waals surface area contributed by atoms with Crippen molar-refractivity contribution in [1.29, 1.82) is 0 Å². The van der Waals surface area contributed by atoms with Crippen LogP contribution in [-0.4, -0.2) is 14.4 Å². The molecule has 0 aliphatic heterocycles. The van der Waals surface area contributed by atoms with Gasteiger partial charge in [0, 0.05) is 18.1 Å². The number of aromatic nitrogens is 3. The second-order valence-electron chi connectivity index (χ2n) is 2.19. The lowest BCUT2D eigenvalue weighted by atomic mass is 10.5. The van der Waals surface area contributed by atoms with E-state index in [1.165, 1.54) is 0 Å². The highest BCUT2D eigenvalue weighted by Crippen LogP contribution is 1.99. The first-order chi connectivity index (χ1) is 6.88. The van der Waals surface area contributed by atoms with Crippen LogP contribution in [0.3, 0.4) is 0 Å². The summed E-state index contributed by atoms with van der Waals surface area (Å²) in [7, 11) is 0. The Bertz CT molecular complexity index is 352. The van der Waals surface area contributed by atoms with Gasteiger partial charge in [-0.15, -0.1) is 0 Å². The van der Waals surface area contributed by atoms with E-state index in [9.17, 15) is 0 Å². The number of imidazole rings is 1. The molecule has 2 aromatic rings. The molecule has 78 valence electrons. The molecule has 2 aromatic heterocycles. The lowest BCUT2D eigenvalue weighted by Gasteiger charge is -1.90. The van der Waals surface area contributed by atoms with Crippen LogP contribution in [0.4, 0.5) is 0 Å². The van der Waals surface area contributed by atoms with Gasteiger partial charge in [-0.3, -0.25) is 4.40 Å². The van der Waals surface area contributed by atoms with Crippen LogP contribution in [0.25, 0.3) is 5.78 Å². The molecule has 0 aliphatic carbocycles. The van der Waals surface area contributed by atoms with Gasteiger partial charge in [0.2, 0.25) is 5.78 Å². The van der Waals surface area contributed by atoms with Crippen molar-refractivity contribution in [3.05, 3.63) is 30.4 Å². The lowest BCUT2D eigenvalue weighted by molar-refractivity contribution is 1.06. The van der Waals surface area contributed by atoms with Gasteiger partial charge in [-0.2, -0.15) is 0 Å². The Labute approximate surface area is 85.8 Å². The van der Waals surface area contributed by atoms with Crippen molar-refractivity contribution < 1.29 is 0 Å². The van der Waals surface area contributed by atoms with Gasteiger partial charge in [0.25, 0.3) is 0 Å². The average molecular weight is 193 g/mol. The van der Waals surface area contributed by atoms with Crippen LogP contribution in [0, 0.1) is 6.92 Å². The fourth-order valence-electron chi connectivity index (χ4n) is 0.947. The summed E-state index contributed by atoms with van der Waals surface area (Å²) in [5, 5.41) is 0. The number of hydrogen-bond donors (Lipinski definition) is 0. The number of fused-ring (bicyclic) bond motifs is 1. The van der Waals surface area contributed by atoms with Crippen molar-refractivity contribution in [2.75, 3.05) is 0 Å². The summed E-state index contributed by atoms with van der Waals surface area (Å²) < 4.78 is 1.94. The average Bonchev–Trinajstić information content (AvgIpc) is 2.67. The molecule has 0 spiro atoms. The highest BCUT2D eigenvalue weighted by atomic mass is 15.1. The van der Waals surface area contributed by atoms with E-state index in [1.54, 1.807) is 6.20 Å². The summed E-state index contributed by atoms with van der Waals surface area (Å²) in [5.41, 5.74) is 1.11. The van der Waals surface area contributed by atoms with Crippen molar-refractivity contribution in [3.63, 3.8) is 0 Å². The maximum Gasteiger partial charge on any atom is 0.233 e. The van der Waals surface area contributed by atoms with Crippen LogP contribution >= 0.6 is 0 Å². The maximum atomic E-state index is 4.07. The zero-order chi connectivity index (χ0) is 11.0. The molecule has 2 rings (SSSR count). The molecular formula is C11H19N3. The first-order valence-electron chi connectivity index (χ1n) is 5.12. The molecule has 0 bridgehead atoms. The third-order valence-corrected chi connectivity index (χ3v) is 1.47. The van der Waals surface area contributed by atoms with E-state index >= 15 is 0 Å². The van der Waals surface area contributed by atoms with E-state index in [0.29, 0.717) is 0 Å². The molecule has 3 nitrogen and oxygen atoms in total. The molecule has 0 fully saturated rings. The second-order valence-corrected chi connectivity index (χ2v) is 2.19.